The summed E-state index contributed by atoms with van der Waals surface area (Å²) in [6.07, 6.45) is -2.05. The number of nitrogens with one attached hydrogen (secondary N) is 2. The first-order valence-corrected chi connectivity index (χ1v) is 16.3. The van der Waals surface area contributed by atoms with E-state index in [-0.39, 0.29) is 24.5 Å². The van der Waals surface area contributed by atoms with E-state index in [0.29, 0.717) is 43.5 Å². The monoisotopic (exact) mass is 647 g/mol. The molecule has 3 aromatic rings. The molecule has 14 heteroatoms. The Kier molecular flexibility index (Phi) is 9.17. The van der Waals surface area contributed by atoms with Crippen molar-refractivity contribution in [1.29, 1.82) is 0 Å². The van der Waals surface area contributed by atoms with E-state index in [1.165, 1.54) is 18.2 Å². The first kappa shape index (κ1) is 32.4. The van der Waals surface area contributed by atoms with Crippen molar-refractivity contribution in [1.82, 2.24) is 15.0 Å². The van der Waals surface area contributed by atoms with Crippen molar-refractivity contribution in [3.63, 3.8) is 0 Å². The fraction of sp³-hybridized carbons (Fsp3) is 0.387. The first-order valence-electron chi connectivity index (χ1n) is 14.4. The molecule has 0 bridgehead atoms. The van der Waals surface area contributed by atoms with Gasteiger partial charge in [0.15, 0.2) is 0 Å². The molecule has 9 nitrogen and oxygen atoms in total. The number of hydrogen-bond donors (Lipinski definition) is 2. The SMILES string of the molecule is CC(C(=O)NCc1ccc(C(F)(F)F)nc1N1CCC2(CC1)CC(c1ccccc1)=NO2)c1ccc(CNS(C)(=O)=O)c(F)c1. The summed E-state index contributed by atoms with van der Waals surface area (Å²) in [4.78, 5) is 24.6. The maximum absolute atomic E-state index is 14.6. The van der Waals surface area contributed by atoms with Crippen molar-refractivity contribution in [3.8, 4) is 0 Å². The summed E-state index contributed by atoms with van der Waals surface area (Å²) in [5.74, 6) is -1.81. The molecule has 240 valence electrons. The van der Waals surface area contributed by atoms with Gasteiger partial charge in [-0.25, -0.2) is 22.5 Å². The third kappa shape index (κ3) is 7.79. The number of carbonyl (C=O) groups is 1. The molecular weight excluding hydrogens is 614 g/mol. The lowest BCUT2D eigenvalue weighted by Gasteiger charge is -2.38. The lowest BCUT2D eigenvalue weighted by atomic mass is 9.85. The summed E-state index contributed by atoms with van der Waals surface area (Å²) in [6, 6.07) is 15.9. The van der Waals surface area contributed by atoms with Gasteiger partial charge in [0, 0.05) is 56.6 Å². The lowest BCUT2D eigenvalue weighted by Crippen LogP contribution is -2.45. The van der Waals surface area contributed by atoms with Gasteiger partial charge in [0.1, 0.15) is 22.9 Å². The second kappa shape index (κ2) is 12.8. The zero-order valence-corrected chi connectivity index (χ0v) is 25.5. The van der Waals surface area contributed by atoms with Crippen molar-refractivity contribution in [2.45, 2.75) is 57.0 Å². The normalized spacial score (nSPS) is 17.1. The van der Waals surface area contributed by atoms with Gasteiger partial charge in [-0.05, 0) is 30.2 Å². The summed E-state index contributed by atoms with van der Waals surface area (Å²) in [5, 5.41) is 7.04. The number of rotatable bonds is 9. The van der Waals surface area contributed by atoms with Crippen LogP contribution in [0.4, 0.5) is 23.4 Å². The number of oxime groups is 1. The van der Waals surface area contributed by atoms with Gasteiger partial charge in [-0.2, -0.15) is 13.2 Å². The highest BCUT2D eigenvalue weighted by atomic mass is 32.2. The summed E-state index contributed by atoms with van der Waals surface area (Å²) < 4.78 is 80.4. The number of anilines is 1. The molecule has 0 radical (unpaired) electrons. The molecule has 1 amide bonds. The van der Waals surface area contributed by atoms with Gasteiger partial charge < -0.3 is 15.1 Å². The second-order valence-electron chi connectivity index (χ2n) is 11.4. The highest BCUT2D eigenvalue weighted by molar-refractivity contribution is 7.88. The molecule has 2 N–H and O–H groups in total. The Bertz CT molecular complexity index is 1690. The topological polar surface area (TPSA) is 113 Å². The molecule has 2 aromatic carbocycles. The van der Waals surface area contributed by atoms with Crippen LogP contribution < -0.4 is 14.9 Å². The molecular formula is C31H33F4N5O4S. The Morgan fingerprint density at radius 2 is 1.73 bits per heavy atom. The predicted octanol–water partition coefficient (Wildman–Crippen LogP) is 4.87. The molecule has 1 unspecified atom stereocenters. The van der Waals surface area contributed by atoms with Gasteiger partial charge >= 0.3 is 6.18 Å². The maximum atomic E-state index is 14.6. The van der Waals surface area contributed by atoms with Crippen LogP contribution in [0.3, 0.4) is 0 Å². The van der Waals surface area contributed by atoms with Crippen molar-refractivity contribution in [2.24, 2.45) is 5.16 Å². The van der Waals surface area contributed by atoms with Crippen LogP contribution >= 0.6 is 0 Å². The van der Waals surface area contributed by atoms with Crippen LogP contribution in [0.2, 0.25) is 0 Å². The van der Waals surface area contributed by atoms with E-state index >= 15 is 0 Å². The molecule has 0 saturated carbocycles. The van der Waals surface area contributed by atoms with Crippen LogP contribution in [0, 0.1) is 5.82 Å². The van der Waals surface area contributed by atoms with Gasteiger partial charge in [0.2, 0.25) is 15.9 Å². The number of carbonyl (C=O) groups excluding carboxylic acids is 1. The number of pyridine rings is 1. The fourth-order valence-corrected chi connectivity index (χ4v) is 5.84. The Hall–Kier alpha value is -4.04. The smallest absolute Gasteiger partial charge is 0.388 e. The van der Waals surface area contributed by atoms with E-state index in [1.54, 1.807) is 11.8 Å². The number of nitrogens with zero attached hydrogens (tertiary/aromatic N) is 3. The van der Waals surface area contributed by atoms with Gasteiger partial charge in [-0.1, -0.05) is 53.7 Å². The number of piperidine rings is 1. The summed E-state index contributed by atoms with van der Waals surface area (Å²) >= 11 is 0. The molecule has 0 aliphatic carbocycles. The maximum Gasteiger partial charge on any atom is 0.433 e. The Morgan fingerprint density at radius 3 is 2.38 bits per heavy atom. The molecule has 1 aromatic heterocycles. The zero-order chi connectivity index (χ0) is 32.4. The van der Waals surface area contributed by atoms with Crippen LogP contribution in [0.15, 0.2) is 65.8 Å². The van der Waals surface area contributed by atoms with Crippen LogP contribution in [-0.4, -0.2) is 50.0 Å². The average molecular weight is 648 g/mol. The van der Waals surface area contributed by atoms with Gasteiger partial charge in [-0.3, -0.25) is 4.79 Å². The van der Waals surface area contributed by atoms with E-state index in [0.717, 1.165) is 29.7 Å². The van der Waals surface area contributed by atoms with E-state index in [9.17, 15) is 30.8 Å². The van der Waals surface area contributed by atoms with Crippen LogP contribution in [-0.2, 0) is 38.9 Å². The number of hydrogen-bond acceptors (Lipinski definition) is 7. The molecule has 1 spiro atoms. The van der Waals surface area contributed by atoms with Gasteiger partial charge in [0.05, 0.1) is 17.9 Å². The zero-order valence-electron chi connectivity index (χ0n) is 24.7. The quantitative estimate of drug-likeness (QED) is 0.321. The van der Waals surface area contributed by atoms with Crippen molar-refractivity contribution in [3.05, 3.63) is 94.4 Å². The van der Waals surface area contributed by atoms with Crippen molar-refractivity contribution < 1.29 is 35.6 Å². The molecule has 2 aliphatic heterocycles. The van der Waals surface area contributed by atoms with E-state index in [2.05, 4.69) is 20.2 Å². The van der Waals surface area contributed by atoms with Crippen molar-refractivity contribution in [2.75, 3.05) is 24.2 Å². The number of aromatic nitrogens is 1. The molecule has 45 heavy (non-hydrogen) atoms. The van der Waals surface area contributed by atoms with Crippen LogP contribution in [0.1, 0.15) is 60.1 Å². The third-order valence-corrected chi connectivity index (χ3v) is 8.78. The minimum atomic E-state index is -4.65. The largest absolute Gasteiger partial charge is 0.433 e. The van der Waals surface area contributed by atoms with Crippen LogP contribution in [0.5, 0.6) is 0 Å². The molecule has 5 rings (SSSR count). The standard InChI is InChI=1S/C31H33F4N5O4S/c1-20(22-8-9-23(25(32)16-22)19-37-45(2,42)43)29(41)36-18-24-10-11-27(31(33,34)35)38-28(24)40-14-12-30(13-15-40)17-26(39-44-30)21-6-4-3-5-7-21/h3-11,16,20,37H,12-15,17-19H2,1-2H3,(H,36,41). The first-order chi connectivity index (χ1) is 21.2. The highest BCUT2D eigenvalue weighted by Gasteiger charge is 2.43. The minimum Gasteiger partial charge on any atom is -0.388 e. The number of amides is 1. The molecule has 1 saturated heterocycles. The van der Waals surface area contributed by atoms with E-state index in [1.807, 2.05) is 30.3 Å². The fourth-order valence-electron chi connectivity index (χ4n) is 5.42. The molecule has 1 atom stereocenters. The van der Waals surface area contributed by atoms with Crippen LogP contribution in [0.25, 0.3) is 0 Å². The number of halogens is 4. The Balaban J connectivity index is 1.26. The average Bonchev–Trinajstić information content (AvgIpc) is 3.42. The Morgan fingerprint density at radius 1 is 1.04 bits per heavy atom. The number of alkyl halides is 3. The summed E-state index contributed by atoms with van der Waals surface area (Å²) in [6.45, 7) is 2.00. The lowest BCUT2D eigenvalue weighted by molar-refractivity contribution is -0.141. The molecule has 3 heterocycles. The third-order valence-electron chi connectivity index (χ3n) is 8.11. The second-order valence-corrected chi connectivity index (χ2v) is 13.2. The minimum absolute atomic E-state index is 0.0953. The predicted molar refractivity (Wildman–Crippen MR) is 160 cm³/mol. The number of sulfonamides is 1. The number of benzene rings is 2. The highest BCUT2D eigenvalue weighted by Crippen LogP contribution is 2.38. The van der Waals surface area contributed by atoms with Gasteiger partial charge in [0.25, 0.3) is 0 Å². The molecule has 1 fully saturated rings. The summed E-state index contributed by atoms with van der Waals surface area (Å²) in [7, 11) is -3.52. The van der Waals surface area contributed by atoms with Gasteiger partial charge in [-0.15, -0.1) is 0 Å². The molecule has 2 aliphatic rings. The Labute approximate surface area is 258 Å². The summed E-state index contributed by atoms with van der Waals surface area (Å²) in [5.41, 5.74) is 1.10. The van der Waals surface area contributed by atoms with Crippen molar-refractivity contribution >= 4 is 27.5 Å². The van der Waals surface area contributed by atoms with E-state index < -0.39 is 45.1 Å². The van der Waals surface area contributed by atoms with E-state index in [4.69, 9.17) is 4.84 Å².